The smallest absolute Gasteiger partial charge is 0.475 e. The van der Waals surface area contributed by atoms with Crippen molar-refractivity contribution in [3.8, 4) is 22.8 Å². The van der Waals surface area contributed by atoms with Gasteiger partial charge < -0.3 is 39.3 Å². The first-order chi connectivity index (χ1) is 30.9. The summed E-state index contributed by atoms with van der Waals surface area (Å²) >= 11 is 19.5. The number of sulfonamides is 1. The predicted octanol–water partition coefficient (Wildman–Crippen LogP) is 6.31. The van der Waals surface area contributed by atoms with Crippen molar-refractivity contribution in [1.29, 1.82) is 0 Å². The summed E-state index contributed by atoms with van der Waals surface area (Å²) in [7, 11) is -3.97. The maximum absolute atomic E-state index is 12.5. The molecule has 2 fully saturated rings. The Morgan fingerprint density at radius 2 is 1.18 bits per heavy atom. The van der Waals surface area contributed by atoms with E-state index in [-0.39, 0.29) is 4.21 Å². The number of hydrogen-bond donors (Lipinski definition) is 4. The van der Waals surface area contributed by atoms with E-state index in [1.54, 1.807) is 18.5 Å². The first-order valence-corrected chi connectivity index (χ1v) is 22.2. The molecule has 20 nitrogen and oxygen atoms in total. The van der Waals surface area contributed by atoms with E-state index in [9.17, 15) is 39.6 Å². The molecule has 2 amide bonds. The van der Waals surface area contributed by atoms with Crippen LogP contribution >= 0.6 is 46.1 Å². The SMILES string of the molecule is CCc1nc(-c2cnc(N3CCN(C(=O)NS(=O)(=O)c4ccc(Cl)s4)CC3)c(Cl)c2)no1.CCc1nc(-c2cnc(N3CCNCC3)c(Cl)c2)no1.O=C(O)C(F)(F)F.O=C(O)C(F)(F)F. The number of rotatable bonds is 8. The van der Waals surface area contributed by atoms with E-state index < -0.39 is 40.3 Å². The lowest BCUT2D eigenvalue weighted by molar-refractivity contribution is -0.193. The van der Waals surface area contributed by atoms with Crippen molar-refractivity contribution in [3.05, 3.63) is 62.8 Å². The van der Waals surface area contributed by atoms with Crippen LogP contribution in [-0.2, 0) is 32.5 Å². The molecule has 2 aliphatic rings. The number of pyridine rings is 2. The lowest BCUT2D eigenvalue weighted by Crippen LogP contribution is -2.52. The van der Waals surface area contributed by atoms with E-state index in [4.69, 9.17) is 63.7 Å². The molecule has 7 rings (SSSR count). The van der Waals surface area contributed by atoms with Gasteiger partial charge in [0.2, 0.25) is 23.4 Å². The highest BCUT2D eigenvalue weighted by Crippen LogP contribution is 2.30. The van der Waals surface area contributed by atoms with Crippen LogP contribution in [0.1, 0.15) is 25.6 Å². The number of carboxylic acid groups (broad SMARTS) is 2. The number of piperazine rings is 2. The number of alkyl halides is 6. The Hall–Kier alpha value is -5.55. The molecule has 0 spiro atoms. The van der Waals surface area contributed by atoms with Crippen molar-refractivity contribution in [1.82, 2.24) is 45.2 Å². The molecule has 0 aliphatic carbocycles. The fraction of sp³-hybridized carbons (Fsp3) is 0.400. The Morgan fingerprint density at radius 3 is 1.53 bits per heavy atom. The number of hydrogen-bond acceptors (Lipinski definition) is 17. The molecule has 4 N–H and O–H groups in total. The van der Waals surface area contributed by atoms with E-state index in [0.717, 1.165) is 48.9 Å². The zero-order valence-electron chi connectivity index (χ0n) is 34.0. The van der Waals surface area contributed by atoms with Gasteiger partial charge in [-0.15, -0.1) is 11.3 Å². The van der Waals surface area contributed by atoms with Gasteiger partial charge in [-0.25, -0.2) is 37.5 Å². The minimum Gasteiger partial charge on any atom is -0.475 e. The van der Waals surface area contributed by atoms with Gasteiger partial charge in [0.1, 0.15) is 15.8 Å². The molecule has 2 saturated heterocycles. The molecule has 0 bridgehead atoms. The number of amides is 2. The van der Waals surface area contributed by atoms with Crippen LogP contribution < -0.4 is 19.8 Å². The number of nitrogens with one attached hydrogen (secondary N) is 2. The average Bonchev–Trinajstić information content (AvgIpc) is 4.06. The van der Waals surface area contributed by atoms with Crippen LogP contribution in [0.25, 0.3) is 22.8 Å². The van der Waals surface area contributed by atoms with Gasteiger partial charge in [0.15, 0.2) is 0 Å². The summed E-state index contributed by atoms with van der Waals surface area (Å²) in [5.74, 6) is -2.05. The zero-order chi connectivity index (χ0) is 49.0. The lowest BCUT2D eigenvalue weighted by atomic mass is 10.2. The fourth-order valence-electron chi connectivity index (χ4n) is 5.27. The molecular formula is C35H36Cl3F6N11O9S2. The third-order valence-electron chi connectivity index (χ3n) is 8.50. The monoisotopic (exact) mass is 1040 g/mol. The number of aromatic nitrogens is 6. The van der Waals surface area contributed by atoms with Crippen molar-refractivity contribution in [2.75, 3.05) is 62.2 Å². The van der Waals surface area contributed by atoms with Crippen molar-refractivity contribution in [3.63, 3.8) is 0 Å². The molecule has 7 heterocycles. The van der Waals surface area contributed by atoms with Crippen molar-refractivity contribution in [2.24, 2.45) is 0 Å². The Morgan fingerprint density at radius 1 is 0.758 bits per heavy atom. The Labute approximate surface area is 388 Å². The van der Waals surface area contributed by atoms with Crippen LogP contribution in [0, 0.1) is 0 Å². The topological polar surface area (TPSA) is 263 Å². The molecule has 0 radical (unpaired) electrons. The summed E-state index contributed by atoms with van der Waals surface area (Å²) in [6.45, 7) is 9.08. The summed E-state index contributed by atoms with van der Waals surface area (Å²) in [5, 5.41) is 26.4. The number of carbonyl (C=O) groups is 3. The summed E-state index contributed by atoms with van der Waals surface area (Å²) in [4.78, 5) is 53.2. The largest absolute Gasteiger partial charge is 0.490 e. The molecule has 66 heavy (non-hydrogen) atoms. The predicted molar refractivity (Wildman–Crippen MR) is 225 cm³/mol. The highest BCUT2D eigenvalue weighted by atomic mass is 35.5. The third kappa shape index (κ3) is 15.3. The number of nitrogens with zero attached hydrogens (tertiary/aromatic N) is 9. The Balaban J connectivity index is 0.000000236. The van der Waals surface area contributed by atoms with Gasteiger partial charge in [0.25, 0.3) is 10.0 Å². The van der Waals surface area contributed by atoms with Crippen molar-refractivity contribution < 1.29 is 68.4 Å². The van der Waals surface area contributed by atoms with E-state index in [1.807, 2.05) is 24.8 Å². The van der Waals surface area contributed by atoms with E-state index in [0.29, 0.717) is 88.2 Å². The number of urea groups is 1. The number of aryl methyl sites for hydroxylation is 2. The van der Waals surface area contributed by atoms with Crippen molar-refractivity contribution in [2.45, 2.75) is 43.3 Å². The van der Waals surface area contributed by atoms with Crippen molar-refractivity contribution >= 4 is 85.8 Å². The van der Waals surface area contributed by atoms with Gasteiger partial charge in [0, 0.05) is 88.7 Å². The minimum absolute atomic E-state index is 0.0155. The van der Waals surface area contributed by atoms with E-state index in [2.05, 4.69) is 45.2 Å². The number of thiophene rings is 1. The van der Waals surface area contributed by atoms with Crippen LogP contribution in [-0.4, -0.2) is 136 Å². The molecule has 0 unspecified atom stereocenters. The first kappa shape index (κ1) is 53.1. The van der Waals surface area contributed by atoms with Crippen LogP contribution in [0.5, 0.6) is 0 Å². The molecule has 2 aliphatic heterocycles. The molecular weight excluding hydrogens is 1000 g/mol. The maximum atomic E-state index is 12.5. The maximum Gasteiger partial charge on any atom is 0.490 e. The van der Waals surface area contributed by atoms with Crippen LogP contribution in [0.2, 0.25) is 14.4 Å². The summed E-state index contributed by atoms with van der Waals surface area (Å²) in [5.41, 5.74) is 1.41. The van der Waals surface area contributed by atoms with Gasteiger partial charge in [-0.3, -0.25) is 0 Å². The molecule has 5 aromatic rings. The second kappa shape index (κ2) is 23.3. The first-order valence-electron chi connectivity index (χ1n) is 18.8. The van der Waals surface area contributed by atoms with E-state index >= 15 is 0 Å². The fourth-order valence-corrected chi connectivity index (χ4v) is 8.30. The highest BCUT2D eigenvalue weighted by molar-refractivity contribution is 7.92. The van der Waals surface area contributed by atoms with Gasteiger partial charge >= 0.3 is 30.3 Å². The molecule has 31 heteroatoms. The van der Waals surface area contributed by atoms with Gasteiger partial charge in [-0.2, -0.15) is 36.3 Å². The van der Waals surface area contributed by atoms with Crippen LogP contribution in [0.4, 0.5) is 42.8 Å². The van der Waals surface area contributed by atoms with Crippen LogP contribution in [0.3, 0.4) is 0 Å². The Bertz CT molecular complexity index is 2530. The van der Waals surface area contributed by atoms with Crippen LogP contribution in [0.15, 0.2) is 49.9 Å². The lowest BCUT2D eigenvalue weighted by Gasteiger charge is -2.35. The molecule has 360 valence electrons. The van der Waals surface area contributed by atoms with Gasteiger partial charge in [0.05, 0.1) is 14.4 Å². The minimum atomic E-state index is -5.08. The average molecular weight is 1040 g/mol. The second-order valence-corrected chi connectivity index (χ2v) is 17.5. The zero-order valence-corrected chi connectivity index (χ0v) is 37.9. The number of carboxylic acids is 2. The number of halogens is 9. The molecule has 5 aromatic heterocycles. The molecule has 0 atom stereocenters. The molecule has 0 aromatic carbocycles. The molecule has 0 saturated carbocycles. The summed E-state index contributed by atoms with van der Waals surface area (Å²) in [6, 6.07) is 5.69. The number of aliphatic carboxylic acids is 2. The summed E-state index contributed by atoms with van der Waals surface area (Å²) < 4.78 is 101. The number of anilines is 2. The second-order valence-electron chi connectivity index (χ2n) is 13.1. The third-order valence-corrected chi connectivity index (χ3v) is 12.1. The normalized spacial score (nSPS) is 14.2. The highest BCUT2D eigenvalue weighted by Gasteiger charge is 2.39. The quantitative estimate of drug-likeness (QED) is 0.124. The van der Waals surface area contributed by atoms with Gasteiger partial charge in [-0.05, 0) is 24.3 Å². The van der Waals surface area contributed by atoms with Gasteiger partial charge in [-0.1, -0.05) is 59.0 Å². The summed E-state index contributed by atoms with van der Waals surface area (Å²) in [6.07, 6.45) is -5.46. The Kier molecular flexibility index (Phi) is 18.7. The number of carbonyl (C=O) groups excluding carboxylic acids is 1. The van der Waals surface area contributed by atoms with E-state index in [1.165, 1.54) is 17.0 Å². The standard InChI is InChI=1S/C18H18Cl2N6O4S2.C13H16ClN5O.2C2HF3O2/c1-2-14-22-16(23-30-14)11-9-12(19)17(21-10-11)25-5-7-26(8-6-25)18(27)24-32(28,29)15-4-3-13(20)31-15;1-2-11-17-12(18-20-11)9-7-10(14)13(16-8-9)19-5-3-15-4-6-19;2*3-2(4,5)1(6)7/h3-4,9-10H,2,5-8H2,1H3,(H,24,27);7-8,15H,2-6H2,1H3;2*(H,6,7).